The molecule has 0 spiro atoms. The lowest BCUT2D eigenvalue weighted by molar-refractivity contribution is -0.134. The van der Waals surface area contributed by atoms with Crippen molar-refractivity contribution < 1.29 is 4.79 Å². The highest BCUT2D eigenvalue weighted by atomic mass is 16.2. The monoisotopic (exact) mass is 213 g/mol. The summed E-state index contributed by atoms with van der Waals surface area (Å²) in [6.45, 7) is 5.65. The fourth-order valence-corrected chi connectivity index (χ4v) is 2.05. The fraction of sp³-hybridized carbons (Fsp3) is 0.909. The number of amides is 1. The molecule has 2 atom stereocenters. The normalized spacial score (nSPS) is 24.3. The second-order valence-corrected chi connectivity index (χ2v) is 4.92. The van der Waals surface area contributed by atoms with Crippen molar-refractivity contribution in [2.75, 3.05) is 13.1 Å². The molecule has 1 aliphatic rings. The van der Waals surface area contributed by atoms with Crippen molar-refractivity contribution in [3.05, 3.63) is 0 Å². The van der Waals surface area contributed by atoms with Gasteiger partial charge in [-0.2, -0.15) is 0 Å². The Morgan fingerprint density at radius 1 is 1.53 bits per heavy atom. The molecule has 4 heteroatoms. The van der Waals surface area contributed by atoms with Crippen molar-refractivity contribution in [1.29, 1.82) is 0 Å². The summed E-state index contributed by atoms with van der Waals surface area (Å²) in [6.07, 6.45) is 2.77. The molecular weight excluding hydrogens is 190 g/mol. The van der Waals surface area contributed by atoms with Gasteiger partial charge >= 0.3 is 0 Å². The summed E-state index contributed by atoms with van der Waals surface area (Å²) in [5.74, 6) is 0.529. The van der Waals surface area contributed by atoms with E-state index < -0.39 is 0 Å². The van der Waals surface area contributed by atoms with Crippen LogP contribution < -0.4 is 11.5 Å². The van der Waals surface area contributed by atoms with Crippen LogP contribution in [0.3, 0.4) is 0 Å². The maximum atomic E-state index is 11.9. The predicted octanol–water partition coefficient (Wildman–Crippen LogP) is 0.310. The average molecular weight is 213 g/mol. The highest BCUT2D eigenvalue weighted by Crippen LogP contribution is 2.12. The van der Waals surface area contributed by atoms with Crippen LogP contribution in [-0.2, 0) is 4.79 Å². The molecule has 1 rings (SSSR count). The van der Waals surface area contributed by atoms with Crippen LogP contribution >= 0.6 is 0 Å². The molecule has 0 aromatic rings. The van der Waals surface area contributed by atoms with Crippen LogP contribution in [0.15, 0.2) is 0 Å². The molecule has 0 aromatic heterocycles. The highest BCUT2D eigenvalue weighted by Gasteiger charge is 2.25. The lowest BCUT2D eigenvalue weighted by atomic mass is 10.0. The van der Waals surface area contributed by atoms with E-state index in [9.17, 15) is 4.79 Å². The van der Waals surface area contributed by atoms with E-state index in [1.807, 2.05) is 4.90 Å². The Labute approximate surface area is 92.0 Å². The standard InChI is InChI=1S/C11H23N3O/c1-8(2)6-10(13)11(15)14-5-3-4-9(12)7-14/h8-10H,3-7,12-13H2,1-2H3/t9?,10-/m0/s1. The SMILES string of the molecule is CC(C)C[C@H](N)C(=O)N1CCCC(N)C1. The number of hydrogen-bond donors (Lipinski definition) is 2. The Hall–Kier alpha value is -0.610. The van der Waals surface area contributed by atoms with Crippen molar-refractivity contribution in [2.24, 2.45) is 17.4 Å². The molecule has 15 heavy (non-hydrogen) atoms. The smallest absolute Gasteiger partial charge is 0.239 e. The minimum Gasteiger partial charge on any atom is -0.340 e. The number of rotatable bonds is 3. The number of carbonyl (C=O) groups excluding carboxylic acids is 1. The first-order chi connectivity index (χ1) is 7.00. The zero-order valence-electron chi connectivity index (χ0n) is 9.78. The topological polar surface area (TPSA) is 72.4 Å². The van der Waals surface area contributed by atoms with E-state index in [0.717, 1.165) is 25.8 Å². The van der Waals surface area contributed by atoms with Gasteiger partial charge in [-0.05, 0) is 25.2 Å². The minimum atomic E-state index is -0.352. The van der Waals surface area contributed by atoms with Gasteiger partial charge in [-0.25, -0.2) is 0 Å². The summed E-state index contributed by atoms with van der Waals surface area (Å²) in [4.78, 5) is 13.7. The zero-order chi connectivity index (χ0) is 11.4. The number of carbonyl (C=O) groups is 1. The molecule has 1 aliphatic heterocycles. The summed E-state index contributed by atoms with van der Waals surface area (Å²) in [7, 11) is 0. The molecule has 4 N–H and O–H groups in total. The van der Waals surface area contributed by atoms with Gasteiger partial charge < -0.3 is 16.4 Å². The summed E-state index contributed by atoms with van der Waals surface area (Å²) in [6, 6.07) is -0.218. The summed E-state index contributed by atoms with van der Waals surface area (Å²) >= 11 is 0. The van der Waals surface area contributed by atoms with E-state index >= 15 is 0 Å². The number of nitrogens with two attached hydrogens (primary N) is 2. The second kappa shape index (κ2) is 5.47. The van der Waals surface area contributed by atoms with Crippen LogP contribution in [-0.4, -0.2) is 36.0 Å². The van der Waals surface area contributed by atoms with Crippen LogP contribution in [0.25, 0.3) is 0 Å². The molecule has 0 radical (unpaired) electrons. The predicted molar refractivity (Wildman–Crippen MR) is 61.2 cm³/mol. The van der Waals surface area contributed by atoms with Gasteiger partial charge in [-0.3, -0.25) is 4.79 Å². The van der Waals surface area contributed by atoms with Crippen LogP contribution in [0.4, 0.5) is 0 Å². The number of hydrogen-bond acceptors (Lipinski definition) is 3. The van der Waals surface area contributed by atoms with E-state index in [1.54, 1.807) is 0 Å². The maximum absolute atomic E-state index is 11.9. The van der Waals surface area contributed by atoms with E-state index in [-0.39, 0.29) is 18.0 Å². The van der Waals surface area contributed by atoms with Crippen LogP contribution in [0.5, 0.6) is 0 Å². The van der Waals surface area contributed by atoms with Gasteiger partial charge in [-0.15, -0.1) is 0 Å². The molecular formula is C11H23N3O. The van der Waals surface area contributed by atoms with Crippen molar-refractivity contribution in [1.82, 2.24) is 4.90 Å². The number of likely N-dealkylation sites (tertiary alicyclic amines) is 1. The summed E-state index contributed by atoms with van der Waals surface area (Å²) < 4.78 is 0. The van der Waals surface area contributed by atoms with E-state index in [1.165, 1.54) is 0 Å². The van der Waals surface area contributed by atoms with Gasteiger partial charge in [0.1, 0.15) is 0 Å². The third kappa shape index (κ3) is 3.80. The van der Waals surface area contributed by atoms with Crippen molar-refractivity contribution in [2.45, 2.75) is 45.2 Å². The second-order valence-electron chi connectivity index (χ2n) is 4.92. The molecule has 1 saturated heterocycles. The molecule has 0 aromatic carbocycles. The van der Waals surface area contributed by atoms with Gasteiger partial charge in [0.15, 0.2) is 0 Å². The number of nitrogens with zero attached hydrogens (tertiary/aromatic N) is 1. The zero-order valence-corrected chi connectivity index (χ0v) is 9.78. The Morgan fingerprint density at radius 3 is 2.73 bits per heavy atom. The molecule has 0 bridgehead atoms. The molecule has 1 amide bonds. The Kier molecular flexibility index (Phi) is 4.54. The Bertz CT molecular complexity index is 218. The van der Waals surface area contributed by atoms with Gasteiger partial charge in [0.05, 0.1) is 6.04 Å². The summed E-state index contributed by atoms with van der Waals surface area (Å²) in [5, 5.41) is 0. The van der Waals surface area contributed by atoms with Crippen LogP contribution in [0, 0.1) is 5.92 Å². The van der Waals surface area contributed by atoms with Crippen molar-refractivity contribution in [3.63, 3.8) is 0 Å². The van der Waals surface area contributed by atoms with Gasteiger partial charge in [0.2, 0.25) is 5.91 Å². The van der Waals surface area contributed by atoms with E-state index in [2.05, 4.69) is 13.8 Å². The molecule has 0 saturated carbocycles. The van der Waals surface area contributed by atoms with Gasteiger partial charge in [0, 0.05) is 19.1 Å². The highest BCUT2D eigenvalue weighted by molar-refractivity contribution is 5.81. The van der Waals surface area contributed by atoms with Gasteiger partial charge in [0.25, 0.3) is 0 Å². The van der Waals surface area contributed by atoms with Crippen molar-refractivity contribution in [3.8, 4) is 0 Å². The Balaban J connectivity index is 2.44. The van der Waals surface area contributed by atoms with E-state index in [0.29, 0.717) is 12.5 Å². The van der Waals surface area contributed by atoms with Crippen LogP contribution in [0.2, 0.25) is 0 Å². The third-order valence-corrected chi connectivity index (χ3v) is 2.81. The summed E-state index contributed by atoms with van der Waals surface area (Å²) in [5.41, 5.74) is 11.7. The van der Waals surface area contributed by atoms with Gasteiger partial charge in [-0.1, -0.05) is 13.8 Å². The third-order valence-electron chi connectivity index (χ3n) is 2.81. The quantitative estimate of drug-likeness (QED) is 0.708. The first kappa shape index (κ1) is 12.5. The first-order valence-electron chi connectivity index (χ1n) is 5.80. The van der Waals surface area contributed by atoms with E-state index in [4.69, 9.17) is 11.5 Å². The maximum Gasteiger partial charge on any atom is 0.239 e. The lowest BCUT2D eigenvalue weighted by Crippen LogP contribution is -2.51. The van der Waals surface area contributed by atoms with Crippen LogP contribution in [0.1, 0.15) is 33.1 Å². The molecule has 1 heterocycles. The number of piperidine rings is 1. The molecule has 4 nitrogen and oxygen atoms in total. The first-order valence-corrected chi connectivity index (χ1v) is 5.80. The average Bonchev–Trinajstić information content (AvgIpc) is 2.15. The Morgan fingerprint density at radius 2 is 2.20 bits per heavy atom. The minimum absolute atomic E-state index is 0.0684. The van der Waals surface area contributed by atoms with Crippen molar-refractivity contribution >= 4 is 5.91 Å². The molecule has 1 fully saturated rings. The fourth-order valence-electron chi connectivity index (χ4n) is 2.05. The molecule has 88 valence electrons. The molecule has 1 unspecified atom stereocenters. The largest absolute Gasteiger partial charge is 0.340 e. The lowest BCUT2D eigenvalue weighted by Gasteiger charge is -2.32. The molecule has 0 aliphatic carbocycles.